The Labute approximate surface area is 456 Å². The number of unbranched alkanes of at least 4 members (excludes halogenated alkanes) is 25. The molecule has 0 aromatic heterocycles. The third-order valence-electron chi connectivity index (χ3n) is 15.6. The summed E-state index contributed by atoms with van der Waals surface area (Å²) in [4.78, 5) is 44.7. The third-order valence-corrected chi connectivity index (χ3v) is 18.1. The van der Waals surface area contributed by atoms with Crippen molar-refractivity contribution in [2.24, 2.45) is 11.8 Å². The first kappa shape index (κ1) is 69.1. The predicted octanol–water partition coefficient (Wildman–Crippen LogP) is 19.5. The summed E-state index contributed by atoms with van der Waals surface area (Å²) in [5.41, 5.74) is 0. The molecule has 7 nitrogen and oxygen atoms in total. The van der Waals surface area contributed by atoms with Crippen LogP contribution in [0.5, 0.6) is 0 Å². The van der Waals surface area contributed by atoms with Crippen LogP contribution in [-0.4, -0.2) is 84.6 Å². The van der Waals surface area contributed by atoms with E-state index in [1.807, 2.05) is 21.6 Å². The Bertz CT molecular complexity index is 1100. The molecule has 0 spiro atoms. The van der Waals surface area contributed by atoms with Crippen LogP contribution >= 0.6 is 21.6 Å². The van der Waals surface area contributed by atoms with Crippen LogP contribution in [0.3, 0.4) is 0 Å². The molecular formula is C63H122N2O5S2. The number of hydrogen-bond acceptors (Lipinski definition) is 8. The summed E-state index contributed by atoms with van der Waals surface area (Å²) in [6.07, 6.45) is 51.5. The van der Waals surface area contributed by atoms with Crippen LogP contribution in [0.15, 0.2) is 0 Å². The lowest BCUT2D eigenvalue weighted by atomic mass is 9.95. The van der Waals surface area contributed by atoms with E-state index in [0.717, 1.165) is 70.1 Å². The van der Waals surface area contributed by atoms with Crippen molar-refractivity contribution >= 4 is 39.4 Å². The molecule has 1 heterocycles. The quantitative estimate of drug-likeness (QED) is 0.0339. The maximum Gasteiger partial charge on any atom is 0.305 e. The van der Waals surface area contributed by atoms with Crippen LogP contribution in [0.1, 0.15) is 317 Å². The topological polar surface area (TPSA) is 76.2 Å². The number of carbonyl (C=O) groups excluding carboxylic acids is 3. The van der Waals surface area contributed by atoms with Crippen LogP contribution in [0.25, 0.3) is 0 Å². The molecule has 0 bridgehead atoms. The minimum Gasteiger partial charge on any atom is -0.465 e. The summed E-state index contributed by atoms with van der Waals surface area (Å²) in [5.74, 6) is 3.52. The molecule has 0 N–H and O–H groups in total. The molecule has 1 aliphatic rings. The van der Waals surface area contributed by atoms with Gasteiger partial charge in [0.2, 0.25) is 5.91 Å². The lowest BCUT2D eigenvalue weighted by Crippen LogP contribution is -2.41. The van der Waals surface area contributed by atoms with Crippen LogP contribution in [0, 0.1) is 11.8 Å². The van der Waals surface area contributed by atoms with E-state index < -0.39 is 0 Å². The SMILES string of the molecule is CCCCCCC(CCCCCC)COC(=O)CCCCCCCCC(CCCCCCCCC(=O)OCC(CCCCCC)CCCCCC)N(CCCCN1CCCC1)C(=O)CCSSCCCCC. The Hall–Kier alpha value is -0.930. The van der Waals surface area contributed by atoms with Crippen LogP contribution in [0.2, 0.25) is 0 Å². The second-order valence-corrected chi connectivity index (χ2v) is 25.1. The fraction of sp³-hybridized carbons (Fsp3) is 0.952. The maximum absolute atomic E-state index is 14.2. The Morgan fingerprint density at radius 2 is 0.792 bits per heavy atom. The Balaban J connectivity index is 2.68. The monoisotopic (exact) mass is 1050 g/mol. The number of carbonyl (C=O) groups is 3. The zero-order valence-electron chi connectivity index (χ0n) is 48.8. The van der Waals surface area contributed by atoms with Crippen LogP contribution in [0.4, 0.5) is 0 Å². The van der Waals surface area contributed by atoms with Gasteiger partial charge in [0.15, 0.2) is 0 Å². The van der Waals surface area contributed by atoms with Crippen molar-refractivity contribution in [1.82, 2.24) is 9.80 Å². The molecule has 0 radical (unpaired) electrons. The van der Waals surface area contributed by atoms with Gasteiger partial charge in [-0.2, -0.15) is 0 Å². The average Bonchev–Trinajstić information content (AvgIpc) is 3.91. The second kappa shape index (κ2) is 53.5. The molecule has 1 saturated heterocycles. The Morgan fingerprint density at radius 3 is 1.24 bits per heavy atom. The van der Waals surface area contributed by atoms with Crippen molar-refractivity contribution in [3.05, 3.63) is 0 Å². The highest BCUT2D eigenvalue weighted by Crippen LogP contribution is 2.27. The molecule has 0 aliphatic carbocycles. The summed E-state index contributed by atoms with van der Waals surface area (Å²) in [6.45, 7) is 17.1. The van der Waals surface area contributed by atoms with Crippen molar-refractivity contribution in [3.63, 3.8) is 0 Å². The first-order valence-corrected chi connectivity index (χ1v) is 34.4. The summed E-state index contributed by atoms with van der Waals surface area (Å²) < 4.78 is 11.7. The molecule has 1 fully saturated rings. The molecule has 0 atom stereocenters. The lowest BCUT2D eigenvalue weighted by Gasteiger charge is -2.33. The van der Waals surface area contributed by atoms with Gasteiger partial charge >= 0.3 is 11.9 Å². The van der Waals surface area contributed by atoms with Gasteiger partial charge in [-0.25, -0.2) is 0 Å². The highest BCUT2D eigenvalue weighted by Gasteiger charge is 2.23. The van der Waals surface area contributed by atoms with Gasteiger partial charge in [0.05, 0.1) is 13.2 Å². The first-order valence-electron chi connectivity index (χ1n) is 32.0. The molecule has 1 rings (SSSR count). The number of likely N-dealkylation sites (tertiary alicyclic amines) is 1. The zero-order valence-corrected chi connectivity index (χ0v) is 50.4. The van der Waals surface area contributed by atoms with E-state index in [1.54, 1.807) is 0 Å². The molecule has 426 valence electrons. The van der Waals surface area contributed by atoms with E-state index in [1.165, 1.54) is 231 Å². The molecule has 1 aliphatic heterocycles. The highest BCUT2D eigenvalue weighted by molar-refractivity contribution is 8.76. The van der Waals surface area contributed by atoms with Crippen molar-refractivity contribution in [2.45, 2.75) is 323 Å². The fourth-order valence-electron chi connectivity index (χ4n) is 10.7. The van der Waals surface area contributed by atoms with E-state index in [-0.39, 0.29) is 11.9 Å². The molecule has 9 heteroatoms. The minimum absolute atomic E-state index is 0.00351. The van der Waals surface area contributed by atoms with Crippen molar-refractivity contribution in [1.29, 1.82) is 0 Å². The number of hydrogen-bond donors (Lipinski definition) is 0. The van der Waals surface area contributed by atoms with Crippen molar-refractivity contribution in [2.75, 3.05) is 50.9 Å². The van der Waals surface area contributed by atoms with Gasteiger partial charge in [0.25, 0.3) is 0 Å². The lowest BCUT2D eigenvalue weighted by molar-refractivity contribution is -0.146. The number of rotatable bonds is 56. The average molecular weight is 1050 g/mol. The standard InChI is InChI=1S/C63H122N2O5S2/c1-6-11-16-28-41-58(42-29-17-12-7-2)56-69-62(67)47-34-26-22-20-24-32-45-60(65(53-39-38-52-64-50-36-37-51-64)61(66)49-55-72-71-54-40-15-10-5)46-33-25-21-23-27-35-48-63(68)70-57-59(43-30-18-13-8-3)44-31-19-14-9-4/h58-60H,6-57H2,1-5H3. The molecule has 1 amide bonds. The molecule has 0 aromatic carbocycles. The summed E-state index contributed by atoms with van der Waals surface area (Å²) in [6, 6.07) is 0.320. The van der Waals surface area contributed by atoms with Gasteiger partial charge in [0.1, 0.15) is 0 Å². The van der Waals surface area contributed by atoms with Gasteiger partial charge in [0, 0.05) is 43.4 Å². The second-order valence-electron chi connectivity index (χ2n) is 22.4. The van der Waals surface area contributed by atoms with Gasteiger partial charge in [-0.3, -0.25) is 14.4 Å². The summed E-state index contributed by atoms with van der Waals surface area (Å²) >= 11 is 0. The van der Waals surface area contributed by atoms with Crippen LogP contribution in [-0.2, 0) is 23.9 Å². The fourth-order valence-corrected chi connectivity index (χ4v) is 12.9. The zero-order chi connectivity index (χ0) is 52.2. The van der Waals surface area contributed by atoms with Gasteiger partial charge in [-0.1, -0.05) is 236 Å². The smallest absolute Gasteiger partial charge is 0.305 e. The highest BCUT2D eigenvalue weighted by atomic mass is 33.1. The van der Waals surface area contributed by atoms with Gasteiger partial charge in [-0.05, 0) is 115 Å². The first-order chi connectivity index (χ1) is 35.4. The van der Waals surface area contributed by atoms with Gasteiger partial charge in [-0.15, -0.1) is 0 Å². The number of amides is 1. The van der Waals surface area contributed by atoms with E-state index >= 15 is 0 Å². The van der Waals surface area contributed by atoms with E-state index in [9.17, 15) is 14.4 Å². The van der Waals surface area contributed by atoms with Gasteiger partial charge < -0.3 is 19.3 Å². The van der Waals surface area contributed by atoms with E-state index in [0.29, 0.717) is 56.3 Å². The number of ether oxygens (including phenoxy) is 2. The summed E-state index contributed by atoms with van der Waals surface area (Å²) in [7, 11) is 3.85. The summed E-state index contributed by atoms with van der Waals surface area (Å²) in [5, 5.41) is 0. The minimum atomic E-state index is 0.00351. The maximum atomic E-state index is 14.2. The number of nitrogens with zero attached hydrogens (tertiary/aromatic N) is 2. The van der Waals surface area contributed by atoms with Crippen molar-refractivity contribution < 1.29 is 23.9 Å². The molecule has 0 aromatic rings. The normalized spacial score (nSPS) is 13.1. The molecular weight excluding hydrogens is 929 g/mol. The Morgan fingerprint density at radius 1 is 0.417 bits per heavy atom. The molecule has 72 heavy (non-hydrogen) atoms. The van der Waals surface area contributed by atoms with Crippen molar-refractivity contribution in [3.8, 4) is 0 Å². The molecule has 0 unspecified atom stereocenters. The van der Waals surface area contributed by atoms with E-state index in [2.05, 4.69) is 44.4 Å². The molecule has 0 saturated carbocycles. The van der Waals surface area contributed by atoms with E-state index in [4.69, 9.17) is 9.47 Å². The largest absolute Gasteiger partial charge is 0.465 e. The predicted molar refractivity (Wildman–Crippen MR) is 317 cm³/mol. The third kappa shape index (κ3) is 43.2. The Kier molecular flexibility index (Phi) is 51.3. The number of esters is 2. The van der Waals surface area contributed by atoms with Crippen LogP contribution < -0.4 is 0 Å².